The highest BCUT2D eigenvalue weighted by atomic mass is 35.5. The molecule has 0 aromatic carbocycles. The quantitative estimate of drug-likeness (QED) is 0.543. The number of hydrogen-bond donors (Lipinski definition) is 0. The molecule has 0 bridgehead atoms. The fourth-order valence-electron chi connectivity index (χ4n) is 1.03. The zero-order valence-corrected chi connectivity index (χ0v) is 6.42. The van der Waals surface area contributed by atoms with E-state index in [0.717, 1.165) is 19.3 Å². The Balaban J connectivity index is 2.06. The molecule has 2 heteroatoms. The fourth-order valence-corrected chi connectivity index (χ4v) is 1.33. The van der Waals surface area contributed by atoms with E-state index in [9.17, 15) is 4.39 Å². The first-order valence-electron chi connectivity index (χ1n) is 3.54. The molecule has 0 radical (unpaired) electrons. The lowest BCUT2D eigenvalue weighted by Crippen LogP contribution is -1.90. The van der Waals surface area contributed by atoms with E-state index >= 15 is 0 Å². The van der Waals surface area contributed by atoms with E-state index in [2.05, 4.69) is 6.92 Å². The van der Waals surface area contributed by atoms with Crippen molar-refractivity contribution in [2.24, 2.45) is 5.92 Å². The zero-order chi connectivity index (χ0) is 6.91. The Morgan fingerprint density at radius 2 is 2.33 bits per heavy atom. The van der Waals surface area contributed by atoms with Crippen LogP contribution in [0.5, 0.6) is 0 Å². The Morgan fingerprint density at radius 3 is 2.67 bits per heavy atom. The van der Waals surface area contributed by atoms with Crippen molar-refractivity contribution >= 4 is 11.6 Å². The topological polar surface area (TPSA) is 0 Å². The van der Waals surface area contributed by atoms with E-state index in [4.69, 9.17) is 11.6 Å². The van der Waals surface area contributed by atoms with Gasteiger partial charge in [0.25, 0.3) is 0 Å². The summed E-state index contributed by atoms with van der Waals surface area (Å²) in [6.07, 6.45) is 3.80. The number of hydrogen-bond acceptors (Lipinski definition) is 0. The smallest absolute Gasteiger partial charge is 0.187 e. The highest BCUT2D eigenvalue weighted by Gasteiger charge is 2.53. The van der Waals surface area contributed by atoms with Crippen molar-refractivity contribution in [1.82, 2.24) is 0 Å². The molecule has 0 aromatic rings. The van der Waals surface area contributed by atoms with Crippen molar-refractivity contribution < 1.29 is 4.39 Å². The summed E-state index contributed by atoms with van der Waals surface area (Å²) in [5.74, 6) is 0.166. The standard InChI is InChI=1S/C7H12ClF/c1-2-3-4-6-5-7(6,8)9/h6H,2-5H2,1H3/t6-,7+/m0/s1. The summed E-state index contributed by atoms with van der Waals surface area (Å²) in [7, 11) is 0. The van der Waals surface area contributed by atoms with Gasteiger partial charge in [0.05, 0.1) is 0 Å². The molecule has 2 atom stereocenters. The van der Waals surface area contributed by atoms with Crippen molar-refractivity contribution in [1.29, 1.82) is 0 Å². The molecule has 0 aromatic heterocycles. The lowest BCUT2D eigenvalue weighted by molar-refractivity contribution is 0.384. The van der Waals surface area contributed by atoms with E-state index in [1.807, 2.05) is 0 Å². The molecule has 0 saturated heterocycles. The summed E-state index contributed by atoms with van der Waals surface area (Å²) < 4.78 is 12.6. The van der Waals surface area contributed by atoms with Crippen molar-refractivity contribution in [2.75, 3.05) is 0 Å². The van der Waals surface area contributed by atoms with Crippen LogP contribution in [0.25, 0.3) is 0 Å². The normalized spacial score (nSPS) is 41.0. The van der Waals surface area contributed by atoms with E-state index in [-0.39, 0.29) is 5.92 Å². The second-order valence-electron chi connectivity index (χ2n) is 2.80. The molecule has 1 fully saturated rings. The molecule has 0 nitrogen and oxygen atoms in total. The van der Waals surface area contributed by atoms with Crippen molar-refractivity contribution in [3.05, 3.63) is 0 Å². The third-order valence-corrected chi connectivity index (χ3v) is 2.32. The second-order valence-corrected chi connectivity index (χ2v) is 3.43. The van der Waals surface area contributed by atoms with Crippen molar-refractivity contribution in [2.45, 2.75) is 37.7 Å². The predicted octanol–water partition coefficient (Wildman–Crippen LogP) is 3.10. The Hall–Kier alpha value is 0.220. The monoisotopic (exact) mass is 150 g/mol. The summed E-state index contributed by atoms with van der Waals surface area (Å²) in [5.41, 5.74) is 0. The maximum atomic E-state index is 12.6. The van der Waals surface area contributed by atoms with E-state index < -0.39 is 5.13 Å². The molecule has 1 rings (SSSR count). The zero-order valence-electron chi connectivity index (χ0n) is 5.66. The minimum atomic E-state index is -1.31. The van der Waals surface area contributed by atoms with Crippen LogP contribution in [0.15, 0.2) is 0 Å². The van der Waals surface area contributed by atoms with Gasteiger partial charge in [-0.3, -0.25) is 0 Å². The van der Waals surface area contributed by atoms with E-state index in [0.29, 0.717) is 6.42 Å². The number of rotatable bonds is 3. The van der Waals surface area contributed by atoms with Gasteiger partial charge in [0.15, 0.2) is 5.13 Å². The summed E-state index contributed by atoms with van der Waals surface area (Å²) >= 11 is 5.38. The average Bonchev–Trinajstić information content (AvgIpc) is 2.35. The van der Waals surface area contributed by atoms with Crippen LogP contribution >= 0.6 is 11.6 Å². The van der Waals surface area contributed by atoms with E-state index in [1.54, 1.807) is 0 Å². The van der Waals surface area contributed by atoms with E-state index in [1.165, 1.54) is 0 Å². The Bertz CT molecular complexity index is 101. The molecular formula is C7H12ClF. The van der Waals surface area contributed by atoms with Gasteiger partial charge in [0.1, 0.15) is 0 Å². The van der Waals surface area contributed by atoms with Crippen LogP contribution in [0.2, 0.25) is 0 Å². The van der Waals surface area contributed by atoms with Gasteiger partial charge < -0.3 is 0 Å². The summed E-state index contributed by atoms with van der Waals surface area (Å²) in [6.45, 7) is 2.11. The van der Waals surface area contributed by atoms with Gasteiger partial charge in [-0.15, -0.1) is 0 Å². The molecule has 0 aliphatic heterocycles. The van der Waals surface area contributed by atoms with Crippen LogP contribution in [0.3, 0.4) is 0 Å². The Labute approximate surface area is 60.4 Å². The third kappa shape index (κ3) is 1.82. The Kier molecular flexibility index (Phi) is 2.00. The second kappa shape index (κ2) is 2.45. The van der Waals surface area contributed by atoms with Crippen LogP contribution in [0, 0.1) is 5.92 Å². The molecule has 9 heavy (non-hydrogen) atoms. The van der Waals surface area contributed by atoms with Gasteiger partial charge >= 0.3 is 0 Å². The van der Waals surface area contributed by atoms with Gasteiger partial charge in [-0.25, -0.2) is 4.39 Å². The SMILES string of the molecule is CCCC[C@H]1C[C@]1(F)Cl. The first-order chi connectivity index (χ1) is 4.17. The molecule has 1 aliphatic rings. The predicted molar refractivity (Wildman–Crippen MR) is 37.3 cm³/mol. The lowest BCUT2D eigenvalue weighted by Gasteiger charge is -1.94. The van der Waals surface area contributed by atoms with Crippen molar-refractivity contribution in [3.63, 3.8) is 0 Å². The first kappa shape index (κ1) is 7.33. The number of alkyl halides is 2. The maximum absolute atomic E-state index is 12.6. The van der Waals surface area contributed by atoms with Gasteiger partial charge in [-0.1, -0.05) is 31.4 Å². The van der Waals surface area contributed by atoms with Crippen LogP contribution < -0.4 is 0 Å². The molecular weight excluding hydrogens is 139 g/mol. The van der Waals surface area contributed by atoms with Crippen LogP contribution in [0.4, 0.5) is 4.39 Å². The lowest BCUT2D eigenvalue weighted by atomic mass is 10.2. The van der Waals surface area contributed by atoms with Gasteiger partial charge in [0, 0.05) is 12.3 Å². The molecule has 1 saturated carbocycles. The fraction of sp³-hybridized carbons (Fsp3) is 1.00. The molecule has 0 heterocycles. The minimum absolute atomic E-state index is 0.166. The van der Waals surface area contributed by atoms with Gasteiger partial charge in [0.2, 0.25) is 0 Å². The highest BCUT2D eigenvalue weighted by Crippen LogP contribution is 2.53. The van der Waals surface area contributed by atoms with Crippen LogP contribution in [-0.2, 0) is 0 Å². The minimum Gasteiger partial charge on any atom is -0.226 e. The average molecular weight is 151 g/mol. The number of unbranched alkanes of at least 4 members (excludes halogenated alkanes) is 1. The Morgan fingerprint density at radius 1 is 1.78 bits per heavy atom. The van der Waals surface area contributed by atoms with Crippen LogP contribution in [0.1, 0.15) is 32.6 Å². The molecule has 0 spiro atoms. The molecule has 0 N–H and O–H groups in total. The van der Waals surface area contributed by atoms with Crippen molar-refractivity contribution in [3.8, 4) is 0 Å². The molecule has 0 amide bonds. The van der Waals surface area contributed by atoms with Gasteiger partial charge in [-0.05, 0) is 6.42 Å². The molecule has 1 aliphatic carbocycles. The van der Waals surface area contributed by atoms with Crippen LogP contribution in [-0.4, -0.2) is 5.13 Å². The van der Waals surface area contributed by atoms with Gasteiger partial charge in [-0.2, -0.15) is 0 Å². The molecule has 54 valence electrons. The largest absolute Gasteiger partial charge is 0.226 e. The summed E-state index contributed by atoms with van der Waals surface area (Å²) in [6, 6.07) is 0. The highest BCUT2D eigenvalue weighted by molar-refractivity contribution is 6.24. The first-order valence-corrected chi connectivity index (χ1v) is 3.92. The molecule has 0 unspecified atom stereocenters. The maximum Gasteiger partial charge on any atom is 0.187 e. The third-order valence-electron chi connectivity index (χ3n) is 1.86. The number of halogens is 2. The summed E-state index contributed by atoms with van der Waals surface area (Å²) in [4.78, 5) is 0. The summed E-state index contributed by atoms with van der Waals surface area (Å²) in [5, 5.41) is -1.31.